The van der Waals surface area contributed by atoms with E-state index in [-0.39, 0.29) is 13.2 Å². The van der Waals surface area contributed by atoms with Crippen molar-refractivity contribution in [3.63, 3.8) is 0 Å². The molecule has 0 radical (unpaired) electrons. The first-order chi connectivity index (χ1) is 17.1. The van der Waals surface area contributed by atoms with Crippen molar-refractivity contribution >= 4 is 5.97 Å². The van der Waals surface area contributed by atoms with Crippen molar-refractivity contribution in [3.05, 3.63) is 12.2 Å². The molecule has 0 amide bonds. The van der Waals surface area contributed by atoms with Crippen LogP contribution in [0.2, 0.25) is 0 Å². The van der Waals surface area contributed by atoms with Crippen LogP contribution in [0.1, 0.15) is 142 Å². The van der Waals surface area contributed by atoms with Gasteiger partial charge in [-0.2, -0.15) is 0 Å². The second-order valence-electron chi connectivity index (χ2n) is 9.89. The Kier molecular flexibility index (Phi) is 34.3. The second kappa shape index (κ2) is 33.1. The number of allylic oxidation sites excluding steroid dienone is 2. The van der Waals surface area contributed by atoms with E-state index in [1.54, 1.807) is 0 Å². The molecule has 0 aliphatic rings. The number of unbranched alkanes of at least 4 members (excludes halogenated alkanes) is 16. The summed E-state index contributed by atoms with van der Waals surface area (Å²) in [6.07, 6.45) is 31.4. The SMILES string of the molecule is CCCCCCCC/C=C\CCCCCCCCCCCCN.CCCN(CCCO)CC(=O)O. The largest absolute Gasteiger partial charge is 0.480 e. The van der Waals surface area contributed by atoms with Gasteiger partial charge in [-0.05, 0) is 58.0 Å². The van der Waals surface area contributed by atoms with Crippen molar-refractivity contribution in [2.75, 3.05) is 32.8 Å². The quantitative estimate of drug-likeness (QED) is 0.0839. The Morgan fingerprint density at radius 1 is 0.657 bits per heavy atom. The average molecular weight is 499 g/mol. The molecule has 0 fully saturated rings. The van der Waals surface area contributed by atoms with Gasteiger partial charge in [0.25, 0.3) is 0 Å². The summed E-state index contributed by atoms with van der Waals surface area (Å²) < 4.78 is 0. The second-order valence-corrected chi connectivity index (χ2v) is 9.89. The summed E-state index contributed by atoms with van der Waals surface area (Å²) in [5, 5.41) is 17.0. The number of nitrogens with two attached hydrogens (primary N) is 1. The maximum absolute atomic E-state index is 10.3. The van der Waals surface area contributed by atoms with Crippen LogP contribution in [0.15, 0.2) is 12.2 Å². The van der Waals surface area contributed by atoms with E-state index in [1.807, 2.05) is 11.8 Å². The van der Waals surface area contributed by atoms with Gasteiger partial charge >= 0.3 is 5.97 Å². The number of nitrogens with zero attached hydrogens (tertiary/aromatic N) is 1. The monoisotopic (exact) mass is 498 g/mol. The fraction of sp³-hybridized carbons (Fsp3) is 0.900. The van der Waals surface area contributed by atoms with Gasteiger partial charge in [-0.3, -0.25) is 9.69 Å². The first-order valence-corrected chi connectivity index (χ1v) is 15.0. The summed E-state index contributed by atoms with van der Waals surface area (Å²) in [5.74, 6) is -0.804. The van der Waals surface area contributed by atoms with Crippen LogP contribution in [0.3, 0.4) is 0 Å². The molecule has 0 rings (SSSR count). The number of carboxylic acids is 1. The molecule has 0 unspecified atom stereocenters. The zero-order chi connectivity index (χ0) is 26.2. The van der Waals surface area contributed by atoms with Crippen LogP contribution in [0.5, 0.6) is 0 Å². The Morgan fingerprint density at radius 3 is 1.51 bits per heavy atom. The molecular weight excluding hydrogens is 436 g/mol. The Bertz CT molecular complexity index is 430. The minimum absolute atomic E-state index is 0.0772. The van der Waals surface area contributed by atoms with Gasteiger partial charge in [0.05, 0.1) is 6.54 Å². The molecule has 0 aromatic rings. The van der Waals surface area contributed by atoms with Crippen molar-refractivity contribution in [1.82, 2.24) is 4.90 Å². The number of carboxylic acid groups (broad SMARTS) is 1. The van der Waals surface area contributed by atoms with Crippen LogP contribution < -0.4 is 5.73 Å². The van der Waals surface area contributed by atoms with Crippen molar-refractivity contribution in [2.24, 2.45) is 5.73 Å². The van der Waals surface area contributed by atoms with E-state index < -0.39 is 5.97 Å². The number of hydrogen-bond acceptors (Lipinski definition) is 4. The zero-order valence-electron chi connectivity index (χ0n) is 23.7. The van der Waals surface area contributed by atoms with Crippen molar-refractivity contribution in [2.45, 2.75) is 142 Å². The molecule has 0 saturated heterocycles. The van der Waals surface area contributed by atoms with Gasteiger partial charge in [-0.15, -0.1) is 0 Å². The van der Waals surface area contributed by atoms with Crippen LogP contribution in [0, 0.1) is 0 Å². The summed E-state index contributed by atoms with van der Waals surface area (Å²) in [5.41, 5.74) is 5.50. The molecule has 0 heterocycles. The number of aliphatic carboxylic acids is 1. The number of hydrogen-bond donors (Lipinski definition) is 3. The van der Waals surface area contributed by atoms with Crippen molar-refractivity contribution < 1.29 is 15.0 Å². The molecule has 5 heteroatoms. The molecular formula is C30H62N2O3. The lowest BCUT2D eigenvalue weighted by Gasteiger charge is -2.18. The molecule has 0 aliphatic heterocycles. The van der Waals surface area contributed by atoms with Crippen molar-refractivity contribution in [3.8, 4) is 0 Å². The lowest BCUT2D eigenvalue weighted by Crippen LogP contribution is -2.31. The van der Waals surface area contributed by atoms with Gasteiger partial charge in [0.1, 0.15) is 0 Å². The smallest absolute Gasteiger partial charge is 0.317 e. The topological polar surface area (TPSA) is 86.8 Å². The predicted octanol–water partition coefficient (Wildman–Crippen LogP) is 7.71. The van der Waals surface area contributed by atoms with Crippen LogP contribution >= 0.6 is 0 Å². The molecule has 5 nitrogen and oxygen atoms in total. The lowest BCUT2D eigenvalue weighted by molar-refractivity contribution is -0.138. The summed E-state index contributed by atoms with van der Waals surface area (Å²) in [7, 11) is 0. The number of aliphatic hydroxyl groups excluding tert-OH is 1. The lowest BCUT2D eigenvalue weighted by atomic mass is 10.1. The maximum atomic E-state index is 10.3. The van der Waals surface area contributed by atoms with E-state index in [0.717, 1.165) is 19.5 Å². The molecule has 0 aromatic heterocycles. The number of aliphatic hydroxyl groups is 1. The van der Waals surface area contributed by atoms with E-state index in [9.17, 15) is 4.79 Å². The van der Waals surface area contributed by atoms with E-state index in [2.05, 4.69) is 19.1 Å². The van der Waals surface area contributed by atoms with Gasteiger partial charge < -0.3 is 15.9 Å². The molecule has 210 valence electrons. The highest BCUT2D eigenvalue weighted by Crippen LogP contribution is 2.12. The van der Waals surface area contributed by atoms with Crippen LogP contribution in [-0.2, 0) is 4.79 Å². The van der Waals surface area contributed by atoms with Gasteiger partial charge in [0.15, 0.2) is 0 Å². The molecule has 0 aromatic carbocycles. The molecule has 0 bridgehead atoms. The van der Waals surface area contributed by atoms with E-state index >= 15 is 0 Å². The zero-order valence-corrected chi connectivity index (χ0v) is 23.7. The molecule has 0 saturated carbocycles. The minimum atomic E-state index is -0.804. The molecule has 0 atom stereocenters. The van der Waals surface area contributed by atoms with Crippen LogP contribution in [0.4, 0.5) is 0 Å². The van der Waals surface area contributed by atoms with Crippen LogP contribution in [0.25, 0.3) is 0 Å². The van der Waals surface area contributed by atoms with Crippen molar-refractivity contribution in [1.29, 1.82) is 0 Å². The standard InChI is InChI=1S/C22H45N.C8H17NO3/c1-2-3-4-5-6-7-8-9-10-11-12-13-14-15-16-17-18-19-20-21-22-23;1-2-4-9(5-3-6-10)7-8(11)12/h9-10H,2-8,11-23H2,1H3;10H,2-7H2,1H3,(H,11,12)/b10-9-;. The fourth-order valence-electron chi connectivity index (χ4n) is 4.17. The third kappa shape index (κ3) is 35.3. The van der Waals surface area contributed by atoms with Gasteiger partial charge in [0.2, 0.25) is 0 Å². The number of rotatable bonds is 26. The summed E-state index contributed by atoms with van der Waals surface area (Å²) in [6, 6.07) is 0. The first kappa shape index (κ1) is 36.2. The maximum Gasteiger partial charge on any atom is 0.317 e. The first-order valence-electron chi connectivity index (χ1n) is 15.0. The highest BCUT2D eigenvalue weighted by Gasteiger charge is 2.07. The summed E-state index contributed by atoms with van der Waals surface area (Å²) in [6.45, 7) is 6.81. The van der Waals surface area contributed by atoms with Gasteiger partial charge in [-0.1, -0.05) is 109 Å². The molecule has 4 N–H and O–H groups in total. The Balaban J connectivity index is 0. The van der Waals surface area contributed by atoms with Gasteiger partial charge in [-0.25, -0.2) is 0 Å². The van der Waals surface area contributed by atoms with E-state index in [0.29, 0.717) is 13.0 Å². The summed E-state index contributed by atoms with van der Waals surface area (Å²) >= 11 is 0. The normalized spacial score (nSPS) is 11.2. The van der Waals surface area contributed by atoms with Crippen LogP contribution in [-0.4, -0.2) is 53.9 Å². The fourth-order valence-corrected chi connectivity index (χ4v) is 4.17. The Morgan fingerprint density at radius 2 is 1.11 bits per heavy atom. The molecule has 0 aliphatic carbocycles. The van der Waals surface area contributed by atoms with E-state index in [1.165, 1.54) is 116 Å². The third-order valence-electron chi connectivity index (χ3n) is 6.25. The van der Waals surface area contributed by atoms with Gasteiger partial charge in [0, 0.05) is 13.2 Å². The molecule has 35 heavy (non-hydrogen) atoms. The third-order valence-corrected chi connectivity index (χ3v) is 6.25. The molecule has 0 spiro atoms. The highest BCUT2D eigenvalue weighted by atomic mass is 16.4. The van der Waals surface area contributed by atoms with E-state index in [4.69, 9.17) is 15.9 Å². The number of carbonyl (C=O) groups is 1. The Labute approximate surface area is 218 Å². The predicted molar refractivity (Wildman–Crippen MR) is 153 cm³/mol. The average Bonchev–Trinajstić information content (AvgIpc) is 2.84. The minimum Gasteiger partial charge on any atom is -0.480 e. The summed E-state index contributed by atoms with van der Waals surface area (Å²) in [4.78, 5) is 12.2. The highest BCUT2D eigenvalue weighted by molar-refractivity contribution is 5.69. The Hall–Kier alpha value is -0.910.